The van der Waals surface area contributed by atoms with Crippen molar-refractivity contribution in [2.24, 2.45) is 5.41 Å². The first-order chi connectivity index (χ1) is 7.33. The third-order valence-corrected chi connectivity index (χ3v) is 4.55. The second-order valence-corrected chi connectivity index (χ2v) is 5.36. The van der Waals surface area contributed by atoms with Crippen molar-refractivity contribution >= 4 is 0 Å². The molecular weight excluding hydrogens is 190 g/mol. The van der Waals surface area contributed by atoms with Crippen molar-refractivity contribution in [3.8, 4) is 0 Å². The number of ether oxygens (including phenoxy) is 2. The molecule has 86 valence electrons. The van der Waals surface area contributed by atoms with Gasteiger partial charge in [-0.2, -0.15) is 0 Å². The zero-order chi connectivity index (χ0) is 10.2. The molecule has 3 fully saturated rings. The van der Waals surface area contributed by atoms with E-state index in [2.05, 4.69) is 5.32 Å². The van der Waals surface area contributed by atoms with Gasteiger partial charge >= 0.3 is 0 Å². The zero-order valence-electron chi connectivity index (χ0n) is 9.39. The molecule has 3 rings (SSSR count). The van der Waals surface area contributed by atoms with Crippen LogP contribution in [0.4, 0.5) is 0 Å². The van der Waals surface area contributed by atoms with Crippen LogP contribution < -0.4 is 5.32 Å². The Hall–Kier alpha value is -0.120. The number of nitrogens with one attached hydrogen (secondary N) is 1. The summed E-state index contributed by atoms with van der Waals surface area (Å²) in [5, 5.41) is 3.45. The van der Waals surface area contributed by atoms with Crippen LogP contribution in [0.1, 0.15) is 38.5 Å². The van der Waals surface area contributed by atoms with Crippen molar-refractivity contribution in [2.45, 2.75) is 44.3 Å². The minimum atomic E-state index is -0.171. The lowest BCUT2D eigenvalue weighted by Crippen LogP contribution is -2.44. The molecule has 2 spiro atoms. The van der Waals surface area contributed by atoms with Crippen LogP contribution in [0.25, 0.3) is 0 Å². The summed E-state index contributed by atoms with van der Waals surface area (Å²) in [5.41, 5.74) is 0.617. The molecule has 1 saturated carbocycles. The number of rotatable bonds is 0. The number of piperidine rings is 1. The van der Waals surface area contributed by atoms with Gasteiger partial charge in [0, 0.05) is 12.8 Å². The van der Waals surface area contributed by atoms with Gasteiger partial charge in [-0.05, 0) is 44.2 Å². The van der Waals surface area contributed by atoms with Gasteiger partial charge in [0.25, 0.3) is 0 Å². The van der Waals surface area contributed by atoms with Gasteiger partial charge in [0.05, 0.1) is 13.2 Å². The maximum absolute atomic E-state index is 5.78. The van der Waals surface area contributed by atoms with E-state index in [4.69, 9.17) is 9.47 Å². The topological polar surface area (TPSA) is 30.5 Å². The lowest BCUT2D eigenvalue weighted by atomic mass is 9.67. The van der Waals surface area contributed by atoms with Crippen molar-refractivity contribution in [2.75, 3.05) is 26.3 Å². The molecule has 1 aliphatic carbocycles. The van der Waals surface area contributed by atoms with E-state index in [-0.39, 0.29) is 5.79 Å². The van der Waals surface area contributed by atoms with Gasteiger partial charge in [-0.15, -0.1) is 0 Å². The molecule has 15 heavy (non-hydrogen) atoms. The summed E-state index contributed by atoms with van der Waals surface area (Å²) in [6, 6.07) is 0. The van der Waals surface area contributed by atoms with Crippen LogP contribution in [0, 0.1) is 5.41 Å². The first-order valence-electron chi connectivity index (χ1n) is 6.31. The van der Waals surface area contributed by atoms with Gasteiger partial charge in [0.1, 0.15) is 0 Å². The molecule has 0 radical (unpaired) electrons. The summed E-state index contributed by atoms with van der Waals surface area (Å²) in [7, 11) is 0. The standard InChI is InChI=1S/C12H21NO2/c1-3-12(14-9-10-15-12)4-2-11(1)5-7-13-8-6-11/h13H,1-10H2. The molecule has 0 aromatic heterocycles. The summed E-state index contributed by atoms with van der Waals surface area (Å²) in [5.74, 6) is -0.171. The van der Waals surface area contributed by atoms with E-state index in [1.54, 1.807) is 0 Å². The maximum atomic E-state index is 5.78. The molecule has 0 atom stereocenters. The second kappa shape index (κ2) is 3.72. The quantitative estimate of drug-likeness (QED) is 0.661. The average Bonchev–Trinajstić information content (AvgIpc) is 2.74. The molecule has 2 saturated heterocycles. The molecule has 2 heterocycles. The van der Waals surface area contributed by atoms with Crippen LogP contribution in [0.5, 0.6) is 0 Å². The van der Waals surface area contributed by atoms with E-state index in [0.29, 0.717) is 5.41 Å². The molecule has 3 nitrogen and oxygen atoms in total. The molecule has 2 aliphatic heterocycles. The van der Waals surface area contributed by atoms with Crippen LogP contribution in [0.15, 0.2) is 0 Å². The molecule has 0 unspecified atom stereocenters. The van der Waals surface area contributed by atoms with Crippen molar-refractivity contribution in [1.82, 2.24) is 5.32 Å². The zero-order valence-corrected chi connectivity index (χ0v) is 9.39. The molecule has 3 aliphatic rings. The lowest BCUT2D eigenvalue weighted by molar-refractivity contribution is -0.193. The van der Waals surface area contributed by atoms with Crippen molar-refractivity contribution < 1.29 is 9.47 Å². The first kappa shape index (κ1) is 10.1. The first-order valence-corrected chi connectivity index (χ1v) is 6.31. The Kier molecular flexibility index (Phi) is 2.49. The molecule has 0 aromatic rings. The fourth-order valence-electron chi connectivity index (χ4n) is 3.40. The number of hydrogen-bond acceptors (Lipinski definition) is 3. The fourth-order valence-corrected chi connectivity index (χ4v) is 3.40. The van der Waals surface area contributed by atoms with Crippen LogP contribution in [0.2, 0.25) is 0 Å². The van der Waals surface area contributed by atoms with E-state index in [9.17, 15) is 0 Å². The van der Waals surface area contributed by atoms with Gasteiger partial charge in [-0.25, -0.2) is 0 Å². The lowest BCUT2D eigenvalue weighted by Gasteiger charge is -2.46. The van der Waals surface area contributed by atoms with Gasteiger partial charge in [-0.3, -0.25) is 0 Å². The highest BCUT2D eigenvalue weighted by molar-refractivity contribution is 4.93. The molecule has 0 bridgehead atoms. The molecule has 3 heteroatoms. The summed E-state index contributed by atoms with van der Waals surface area (Å²) >= 11 is 0. The Morgan fingerprint density at radius 2 is 1.33 bits per heavy atom. The van der Waals surface area contributed by atoms with Gasteiger partial charge < -0.3 is 14.8 Å². The SMILES string of the molecule is C1CC2(CCN1)CCC1(CC2)OCCO1. The average molecular weight is 211 g/mol. The van der Waals surface area contributed by atoms with E-state index in [0.717, 1.165) is 26.1 Å². The second-order valence-electron chi connectivity index (χ2n) is 5.36. The normalized spacial score (nSPS) is 33.6. The van der Waals surface area contributed by atoms with Crippen molar-refractivity contribution in [3.63, 3.8) is 0 Å². The third kappa shape index (κ3) is 1.81. The highest BCUT2D eigenvalue weighted by Crippen LogP contribution is 2.48. The predicted molar refractivity (Wildman–Crippen MR) is 57.6 cm³/mol. The van der Waals surface area contributed by atoms with E-state index in [1.807, 2.05) is 0 Å². The van der Waals surface area contributed by atoms with E-state index < -0.39 is 0 Å². The van der Waals surface area contributed by atoms with E-state index in [1.165, 1.54) is 38.8 Å². The monoisotopic (exact) mass is 211 g/mol. The van der Waals surface area contributed by atoms with Crippen LogP contribution in [-0.4, -0.2) is 32.1 Å². The maximum Gasteiger partial charge on any atom is 0.168 e. The smallest absolute Gasteiger partial charge is 0.168 e. The van der Waals surface area contributed by atoms with E-state index >= 15 is 0 Å². The minimum Gasteiger partial charge on any atom is -0.348 e. The summed E-state index contributed by atoms with van der Waals surface area (Å²) in [6.45, 7) is 4.01. The van der Waals surface area contributed by atoms with Gasteiger partial charge in [0.2, 0.25) is 0 Å². The highest BCUT2D eigenvalue weighted by atomic mass is 16.7. The van der Waals surface area contributed by atoms with Crippen molar-refractivity contribution in [1.29, 1.82) is 0 Å². The summed E-state index contributed by atoms with van der Waals surface area (Å²) in [4.78, 5) is 0. The minimum absolute atomic E-state index is 0.171. The molecule has 0 aromatic carbocycles. The van der Waals surface area contributed by atoms with Crippen LogP contribution >= 0.6 is 0 Å². The largest absolute Gasteiger partial charge is 0.348 e. The Balaban J connectivity index is 1.63. The third-order valence-electron chi connectivity index (χ3n) is 4.55. The molecular formula is C12H21NO2. The Bertz CT molecular complexity index is 218. The Morgan fingerprint density at radius 3 is 1.93 bits per heavy atom. The highest BCUT2D eigenvalue weighted by Gasteiger charge is 2.46. The molecule has 0 amide bonds. The van der Waals surface area contributed by atoms with Gasteiger partial charge in [0.15, 0.2) is 5.79 Å². The van der Waals surface area contributed by atoms with Crippen LogP contribution in [-0.2, 0) is 9.47 Å². The molecule has 1 N–H and O–H groups in total. The fraction of sp³-hybridized carbons (Fsp3) is 1.00. The Labute approximate surface area is 91.5 Å². The summed E-state index contributed by atoms with van der Waals surface area (Å²) < 4.78 is 11.6. The predicted octanol–water partition coefficient (Wildman–Crippen LogP) is 1.67. The summed E-state index contributed by atoms with van der Waals surface area (Å²) in [6.07, 6.45) is 7.54. The van der Waals surface area contributed by atoms with Crippen LogP contribution in [0.3, 0.4) is 0 Å². The Morgan fingerprint density at radius 1 is 0.733 bits per heavy atom. The van der Waals surface area contributed by atoms with Gasteiger partial charge in [-0.1, -0.05) is 0 Å². The number of hydrogen-bond donors (Lipinski definition) is 1. The van der Waals surface area contributed by atoms with Crippen molar-refractivity contribution in [3.05, 3.63) is 0 Å².